The van der Waals surface area contributed by atoms with Crippen molar-refractivity contribution in [3.63, 3.8) is 0 Å². The summed E-state index contributed by atoms with van der Waals surface area (Å²) in [5, 5.41) is 0. The van der Waals surface area contributed by atoms with Gasteiger partial charge in [0.05, 0.1) is 0 Å². The summed E-state index contributed by atoms with van der Waals surface area (Å²) in [6.45, 7) is -0.177. The lowest BCUT2D eigenvalue weighted by atomic mass is 10.2. The number of hydrogen-bond donors (Lipinski definition) is 0. The highest BCUT2D eigenvalue weighted by Gasteiger charge is 2.08. The van der Waals surface area contributed by atoms with Crippen LogP contribution < -0.4 is 4.74 Å². The Morgan fingerprint density at radius 1 is 1.12 bits per heavy atom. The van der Waals surface area contributed by atoms with Crippen LogP contribution in [0, 0.1) is 23.5 Å². The van der Waals surface area contributed by atoms with Gasteiger partial charge < -0.3 is 4.74 Å². The Morgan fingerprint density at radius 3 is 2.71 bits per heavy atom. The van der Waals surface area contributed by atoms with Gasteiger partial charge in [-0.25, -0.2) is 13.2 Å². The lowest BCUT2D eigenvalue weighted by Crippen LogP contribution is -2.00. The molecule has 17 heavy (non-hydrogen) atoms. The molecule has 0 N–H and O–H groups in total. The second-order valence-corrected chi connectivity index (χ2v) is 3.37. The van der Waals surface area contributed by atoms with Gasteiger partial charge in [0.25, 0.3) is 0 Å². The Hall–Kier alpha value is -1.97. The number of rotatable bonds is 3. The normalized spacial score (nSPS) is 10.3. The van der Waals surface area contributed by atoms with Crippen molar-refractivity contribution < 1.29 is 17.9 Å². The molecule has 87 valence electrons. The van der Waals surface area contributed by atoms with Crippen LogP contribution in [0.15, 0.2) is 36.4 Å². The van der Waals surface area contributed by atoms with Crippen molar-refractivity contribution in [2.45, 2.75) is 6.61 Å². The SMILES string of the molecule is Fc1cc[c]c(OCc2cccc(F)c2F)c1. The molecular weight excluding hydrogens is 229 g/mol. The molecule has 0 saturated carbocycles. The van der Waals surface area contributed by atoms with E-state index < -0.39 is 17.5 Å². The number of benzene rings is 2. The third-order valence-electron chi connectivity index (χ3n) is 2.15. The summed E-state index contributed by atoms with van der Waals surface area (Å²) in [7, 11) is 0. The molecule has 0 fully saturated rings. The van der Waals surface area contributed by atoms with Gasteiger partial charge in [-0.1, -0.05) is 12.1 Å². The zero-order valence-electron chi connectivity index (χ0n) is 8.71. The first-order valence-electron chi connectivity index (χ1n) is 4.90. The average molecular weight is 237 g/mol. The molecule has 0 aliphatic rings. The summed E-state index contributed by atoms with van der Waals surface area (Å²) in [5.41, 5.74) is 0.0719. The molecule has 0 aromatic heterocycles. The van der Waals surface area contributed by atoms with Crippen LogP contribution in [-0.4, -0.2) is 0 Å². The van der Waals surface area contributed by atoms with E-state index in [1.807, 2.05) is 0 Å². The van der Waals surface area contributed by atoms with Gasteiger partial charge in [-0.15, -0.1) is 0 Å². The maximum atomic E-state index is 13.2. The van der Waals surface area contributed by atoms with E-state index in [1.54, 1.807) is 0 Å². The summed E-state index contributed by atoms with van der Waals surface area (Å²) >= 11 is 0. The molecule has 2 rings (SSSR count). The molecule has 2 aromatic carbocycles. The van der Waals surface area contributed by atoms with Crippen molar-refractivity contribution in [1.82, 2.24) is 0 Å². The Labute approximate surface area is 96.5 Å². The first-order valence-corrected chi connectivity index (χ1v) is 4.90. The summed E-state index contributed by atoms with van der Waals surface area (Å²) in [6, 6.07) is 10.1. The molecule has 0 saturated heterocycles. The third-order valence-corrected chi connectivity index (χ3v) is 2.15. The smallest absolute Gasteiger partial charge is 0.165 e. The molecule has 0 spiro atoms. The van der Waals surface area contributed by atoms with E-state index in [2.05, 4.69) is 6.07 Å². The van der Waals surface area contributed by atoms with Gasteiger partial charge in [0.15, 0.2) is 11.6 Å². The van der Waals surface area contributed by atoms with E-state index in [0.717, 1.165) is 12.1 Å². The van der Waals surface area contributed by atoms with Crippen molar-refractivity contribution in [3.8, 4) is 5.75 Å². The van der Waals surface area contributed by atoms with Crippen molar-refractivity contribution in [1.29, 1.82) is 0 Å². The van der Waals surface area contributed by atoms with E-state index in [0.29, 0.717) is 0 Å². The number of halogens is 3. The van der Waals surface area contributed by atoms with Crippen LogP contribution in [0.25, 0.3) is 0 Å². The van der Waals surface area contributed by atoms with Gasteiger partial charge in [0.2, 0.25) is 0 Å². The molecule has 0 atom stereocenters. The van der Waals surface area contributed by atoms with Gasteiger partial charge in [-0.05, 0) is 18.2 Å². The maximum absolute atomic E-state index is 13.2. The Balaban J connectivity index is 2.10. The first kappa shape index (κ1) is 11.5. The Bertz CT molecular complexity index is 526. The van der Waals surface area contributed by atoms with E-state index in [1.165, 1.54) is 24.3 Å². The lowest BCUT2D eigenvalue weighted by Gasteiger charge is -2.07. The summed E-state index contributed by atoms with van der Waals surface area (Å²) in [4.78, 5) is 0. The van der Waals surface area contributed by atoms with Crippen molar-refractivity contribution in [3.05, 3.63) is 65.5 Å². The van der Waals surface area contributed by atoms with Crippen molar-refractivity contribution in [2.24, 2.45) is 0 Å². The summed E-state index contributed by atoms with van der Waals surface area (Å²) in [6.07, 6.45) is 0. The average Bonchev–Trinajstić information content (AvgIpc) is 2.31. The molecule has 0 bridgehead atoms. The minimum Gasteiger partial charge on any atom is -0.488 e. The van der Waals surface area contributed by atoms with Crippen LogP contribution in [-0.2, 0) is 6.61 Å². The molecule has 0 aliphatic heterocycles. The molecule has 0 unspecified atom stereocenters. The number of hydrogen-bond acceptors (Lipinski definition) is 1. The third kappa shape index (κ3) is 2.78. The predicted molar refractivity (Wildman–Crippen MR) is 55.9 cm³/mol. The zero-order valence-corrected chi connectivity index (χ0v) is 8.71. The minimum absolute atomic E-state index is 0.0719. The molecule has 0 heterocycles. The zero-order chi connectivity index (χ0) is 12.3. The molecule has 1 radical (unpaired) electrons. The highest BCUT2D eigenvalue weighted by atomic mass is 19.2. The van der Waals surface area contributed by atoms with Crippen LogP contribution >= 0.6 is 0 Å². The van der Waals surface area contributed by atoms with Crippen LogP contribution in [0.1, 0.15) is 5.56 Å². The maximum Gasteiger partial charge on any atom is 0.165 e. The Morgan fingerprint density at radius 2 is 1.94 bits per heavy atom. The van der Waals surface area contributed by atoms with Crippen LogP contribution in [0.3, 0.4) is 0 Å². The quantitative estimate of drug-likeness (QED) is 0.794. The van der Waals surface area contributed by atoms with E-state index in [4.69, 9.17) is 4.74 Å². The van der Waals surface area contributed by atoms with Crippen LogP contribution in [0.5, 0.6) is 5.75 Å². The van der Waals surface area contributed by atoms with Gasteiger partial charge in [0.1, 0.15) is 18.2 Å². The fourth-order valence-electron chi connectivity index (χ4n) is 1.32. The van der Waals surface area contributed by atoms with E-state index in [-0.39, 0.29) is 17.9 Å². The number of ether oxygens (including phenoxy) is 1. The predicted octanol–water partition coefficient (Wildman–Crippen LogP) is 3.48. The lowest BCUT2D eigenvalue weighted by molar-refractivity contribution is 0.295. The van der Waals surface area contributed by atoms with Crippen molar-refractivity contribution >= 4 is 0 Å². The fourth-order valence-corrected chi connectivity index (χ4v) is 1.32. The minimum atomic E-state index is -0.955. The van der Waals surface area contributed by atoms with Crippen LogP contribution in [0.4, 0.5) is 13.2 Å². The van der Waals surface area contributed by atoms with Gasteiger partial charge in [-0.2, -0.15) is 0 Å². The topological polar surface area (TPSA) is 9.23 Å². The molecule has 0 aliphatic carbocycles. The first-order chi connectivity index (χ1) is 8.16. The van der Waals surface area contributed by atoms with Crippen molar-refractivity contribution in [2.75, 3.05) is 0 Å². The molecule has 1 nitrogen and oxygen atoms in total. The molecule has 4 heteroatoms. The second kappa shape index (κ2) is 4.91. The standard InChI is InChI=1S/C13H8F3O/c14-10-4-2-5-11(7-10)17-8-9-3-1-6-12(15)13(9)16/h1-4,6-7H,8H2. The molecular formula is C13H8F3O. The van der Waals surface area contributed by atoms with E-state index in [9.17, 15) is 13.2 Å². The van der Waals surface area contributed by atoms with Gasteiger partial charge in [-0.3, -0.25) is 0 Å². The monoisotopic (exact) mass is 237 g/mol. The Kier molecular flexibility index (Phi) is 3.32. The highest BCUT2D eigenvalue weighted by Crippen LogP contribution is 2.16. The summed E-state index contributed by atoms with van der Waals surface area (Å²) < 4.78 is 44.0. The second-order valence-electron chi connectivity index (χ2n) is 3.37. The molecule has 2 aromatic rings. The summed E-state index contributed by atoms with van der Waals surface area (Å²) in [5.74, 6) is -2.22. The van der Waals surface area contributed by atoms with Gasteiger partial charge in [0, 0.05) is 17.7 Å². The largest absolute Gasteiger partial charge is 0.488 e. The highest BCUT2D eigenvalue weighted by molar-refractivity contribution is 5.23. The van der Waals surface area contributed by atoms with Gasteiger partial charge >= 0.3 is 0 Å². The fraction of sp³-hybridized carbons (Fsp3) is 0.0769. The van der Waals surface area contributed by atoms with Crippen LogP contribution in [0.2, 0.25) is 0 Å². The molecule has 0 amide bonds. The van der Waals surface area contributed by atoms with E-state index >= 15 is 0 Å².